The quantitative estimate of drug-likeness (QED) is 0.849. The molecule has 0 fully saturated rings. The number of ether oxygens (including phenoxy) is 1. The largest absolute Gasteiger partial charge is 0.481 e. The molecule has 0 spiro atoms. The zero-order valence-electron chi connectivity index (χ0n) is 12.4. The van der Waals surface area contributed by atoms with Gasteiger partial charge >= 0.3 is 0 Å². The third-order valence-corrected chi connectivity index (χ3v) is 4.15. The first-order valence-electron chi connectivity index (χ1n) is 6.83. The van der Waals surface area contributed by atoms with Crippen molar-refractivity contribution < 1.29 is 14.6 Å². The zero-order valence-corrected chi connectivity index (χ0v) is 13.9. The molecular weight excluding hydrogens is 322 g/mol. The topological polar surface area (TPSA) is 58.6 Å². The molecule has 1 heterocycles. The van der Waals surface area contributed by atoms with Crippen molar-refractivity contribution in [3.05, 3.63) is 51.7 Å². The number of hydrogen-bond donors (Lipinski definition) is 2. The maximum atomic E-state index is 12.1. The SMILES string of the molecule is CC(Oc1cccc(Cl)c1)C(=O)NCC(C)(O)c1ccsc1. The molecule has 2 unspecified atom stereocenters. The Morgan fingerprint density at radius 2 is 2.27 bits per heavy atom. The van der Waals surface area contributed by atoms with E-state index in [1.807, 2.05) is 16.8 Å². The van der Waals surface area contributed by atoms with Crippen molar-refractivity contribution in [3.8, 4) is 5.75 Å². The predicted octanol–water partition coefficient (Wildman–Crippen LogP) is 3.19. The number of carbonyl (C=O) groups excluding carboxylic acids is 1. The summed E-state index contributed by atoms with van der Waals surface area (Å²) in [5.74, 6) is 0.232. The summed E-state index contributed by atoms with van der Waals surface area (Å²) in [4.78, 5) is 12.1. The lowest BCUT2D eigenvalue weighted by Gasteiger charge is -2.24. The molecule has 2 rings (SSSR count). The highest BCUT2D eigenvalue weighted by Gasteiger charge is 2.25. The molecule has 0 saturated heterocycles. The maximum absolute atomic E-state index is 12.1. The summed E-state index contributed by atoms with van der Waals surface area (Å²) >= 11 is 7.37. The number of rotatable bonds is 6. The van der Waals surface area contributed by atoms with Gasteiger partial charge in [-0.1, -0.05) is 17.7 Å². The number of hydrogen-bond acceptors (Lipinski definition) is 4. The third-order valence-electron chi connectivity index (χ3n) is 3.23. The highest BCUT2D eigenvalue weighted by atomic mass is 35.5. The molecule has 0 aliphatic carbocycles. The van der Waals surface area contributed by atoms with E-state index in [0.717, 1.165) is 5.56 Å². The van der Waals surface area contributed by atoms with Gasteiger partial charge < -0.3 is 15.2 Å². The van der Waals surface area contributed by atoms with Crippen LogP contribution in [0.2, 0.25) is 5.02 Å². The fourth-order valence-electron chi connectivity index (χ4n) is 1.87. The number of halogens is 1. The van der Waals surface area contributed by atoms with Crippen LogP contribution < -0.4 is 10.1 Å². The average Bonchev–Trinajstić information content (AvgIpc) is 3.00. The van der Waals surface area contributed by atoms with Gasteiger partial charge in [-0.3, -0.25) is 4.79 Å². The van der Waals surface area contributed by atoms with E-state index in [0.29, 0.717) is 10.8 Å². The first-order chi connectivity index (χ1) is 10.4. The van der Waals surface area contributed by atoms with E-state index in [2.05, 4.69) is 5.32 Å². The first kappa shape index (κ1) is 16.8. The molecule has 0 aliphatic heterocycles. The lowest BCUT2D eigenvalue weighted by atomic mass is 9.99. The van der Waals surface area contributed by atoms with Crippen molar-refractivity contribution in [3.63, 3.8) is 0 Å². The van der Waals surface area contributed by atoms with Gasteiger partial charge in [0.05, 0.1) is 6.54 Å². The summed E-state index contributed by atoms with van der Waals surface area (Å²) in [6.07, 6.45) is -0.684. The molecular formula is C16H18ClNO3S. The van der Waals surface area contributed by atoms with Crippen LogP contribution in [0.5, 0.6) is 5.75 Å². The van der Waals surface area contributed by atoms with E-state index in [1.165, 1.54) is 11.3 Å². The molecule has 0 radical (unpaired) electrons. The second-order valence-corrected chi connectivity index (χ2v) is 6.44. The minimum Gasteiger partial charge on any atom is -0.481 e. The Kier molecular flexibility index (Phi) is 5.45. The Bertz CT molecular complexity index is 628. The highest BCUT2D eigenvalue weighted by Crippen LogP contribution is 2.22. The van der Waals surface area contributed by atoms with Crippen LogP contribution in [-0.2, 0) is 10.4 Å². The molecule has 0 bridgehead atoms. The van der Waals surface area contributed by atoms with E-state index >= 15 is 0 Å². The Hall–Kier alpha value is -1.56. The number of nitrogens with one attached hydrogen (secondary N) is 1. The molecule has 118 valence electrons. The van der Waals surface area contributed by atoms with Gasteiger partial charge in [0.15, 0.2) is 6.10 Å². The van der Waals surface area contributed by atoms with Crippen LogP contribution in [0.25, 0.3) is 0 Å². The summed E-state index contributed by atoms with van der Waals surface area (Å²) in [6, 6.07) is 8.70. The molecule has 2 atom stereocenters. The first-order valence-corrected chi connectivity index (χ1v) is 8.15. The average molecular weight is 340 g/mol. The van der Waals surface area contributed by atoms with Crippen LogP contribution in [-0.4, -0.2) is 23.7 Å². The van der Waals surface area contributed by atoms with Crippen molar-refractivity contribution >= 4 is 28.8 Å². The van der Waals surface area contributed by atoms with Crippen LogP contribution >= 0.6 is 22.9 Å². The molecule has 4 nitrogen and oxygen atoms in total. The van der Waals surface area contributed by atoms with Crippen molar-refractivity contribution in [1.82, 2.24) is 5.32 Å². The summed E-state index contributed by atoms with van der Waals surface area (Å²) in [5.41, 5.74) is -0.327. The van der Waals surface area contributed by atoms with Gasteiger partial charge in [-0.05, 0) is 54.4 Å². The molecule has 2 N–H and O–H groups in total. The van der Waals surface area contributed by atoms with Crippen LogP contribution in [0.15, 0.2) is 41.1 Å². The van der Waals surface area contributed by atoms with Gasteiger partial charge in [-0.25, -0.2) is 0 Å². The van der Waals surface area contributed by atoms with E-state index in [9.17, 15) is 9.90 Å². The molecule has 1 aromatic heterocycles. The fourth-order valence-corrected chi connectivity index (χ4v) is 2.84. The van der Waals surface area contributed by atoms with Gasteiger partial charge in [0, 0.05) is 5.02 Å². The molecule has 6 heteroatoms. The number of aliphatic hydroxyl groups is 1. The van der Waals surface area contributed by atoms with E-state index in [4.69, 9.17) is 16.3 Å². The number of thiophene rings is 1. The van der Waals surface area contributed by atoms with E-state index in [1.54, 1.807) is 38.1 Å². The van der Waals surface area contributed by atoms with Crippen molar-refractivity contribution in [1.29, 1.82) is 0 Å². The van der Waals surface area contributed by atoms with Gasteiger partial charge in [-0.15, -0.1) is 0 Å². The number of amides is 1. The fraction of sp³-hybridized carbons (Fsp3) is 0.312. The predicted molar refractivity (Wildman–Crippen MR) is 88.4 cm³/mol. The summed E-state index contributed by atoms with van der Waals surface area (Å²) < 4.78 is 5.54. The summed E-state index contributed by atoms with van der Waals surface area (Å²) in [7, 11) is 0. The number of carbonyl (C=O) groups is 1. The lowest BCUT2D eigenvalue weighted by molar-refractivity contribution is -0.128. The van der Waals surface area contributed by atoms with Crippen LogP contribution in [0.4, 0.5) is 0 Å². The van der Waals surface area contributed by atoms with Gasteiger partial charge in [-0.2, -0.15) is 11.3 Å². The van der Waals surface area contributed by atoms with Crippen LogP contribution in [0.1, 0.15) is 19.4 Å². The molecule has 0 saturated carbocycles. The Morgan fingerprint density at radius 3 is 2.91 bits per heavy atom. The van der Waals surface area contributed by atoms with Crippen LogP contribution in [0.3, 0.4) is 0 Å². The third kappa shape index (κ3) is 4.47. The lowest BCUT2D eigenvalue weighted by Crippen LogP contribution is -2.43. The Balaban J connectivity index is 1.89. The second-order valence-electron chi connectivity index (χ2n) is 5.22. The molecule has 22 heavy (non-hydrogen) atoms. The van der Waals surface area contributed by atoms with E-state index in [-0.39, 0.29) is 12.5 Å². The van der Waals surface area contributed by atoms with Gasteiger partial charge in [0.25, 0.3) is 5.91 Å². The van der Waals surface area contributed by atoms with Crippen molar-refractivity contribution in [2.45, 2.75) is 25.6 Å². The van der Waals surface area contributed by atoms with E-state index < -0.39 is 11.7 Å². The minimum absolute atomic E-state index is 0.117. The van der Waals surface area contributed by atoms with Crippen molar-refractivity contribution in [2.75, 3.05) is 6.54 Å². The standard InChI is InChI=1S/C16H18ClNO3S/c1-11(21-14-5-3-4-13(17)8-14)15(19)18-10-16(2,20)12-6-7-22-9-12/h3-9,11,20H,10H2,1-2H3,(H,18,19). The Morgan fingerprint density at radius 1 is 1.50 bits per heavy atom. The Labute approximate surface area is 138 Å². The highest BCUT2D eigenvalue weighted by molar-refractivity contribution is 7.08. The van der Waals surface area contributed by atoms with Crippen molar-refractivity contribution in [2.24, 2.45) is 0 Å². The monoisotopic (exact) mass is 339 g/mol. The molecule has 1 aromatic carbocycles. The summed E-state index contributed by atoms with van der Waals surface area (Å²) in [6.45, 7) is 3.43. The second kappa shape index (κ2) is 7.13. The maximum Gasteiger partial charge on any atom is 0.260 e. The van der Waals surface area contributed by atoms with Gasteiger partial charge in [0.2, 0.25) is 0 Å². The smallest absolute Gasteiger partial charge is 0.260 e. The van der Waals surface area contributed by atoms with Crippen LogP contribution in [0, 0.1) is 0 Å². The zero-order chi connectivity index (χ0) is 16.2. The molecule has 2 aromatic rings. The number of benzene rings is 1. The molecule has 0 aliphatic rings. The minimum atomic E-state index is -1.11. The van der Waals surface area contributed by atoms with Gasteiger partial charge in [0.1, 0.15) is 11.4 Å². The normalized spacial score (nSPS) is 14.9. The summed E-state index contributed by atoms with van der Waals surface area (Å²) in [5, 5.41) is 17.4. The molecule has 1 amide bonds.